The number of aromatic nitrogens is 2. The van der Waals surface area contributed by atoms with Crippen LogP contribution >= 0.6 is 11.6 Å². The van der Waals surface area contributed by atoms with Gasteiger partial charge in [-0.3, -0.25) is 0 Å². The zero-order valence-corrected chi connectivity index (χ0v) is 11.8. The molecule has 0 unspecified atom stereocenters. The molecule has 0 atom stereocenters. The van der Waals surface area contributed by atoms with Crippen molar-refractivity contribution in [1.29, 1.82) is 0 Å². The first-order valence-corrected chi connectivity index (χ1v) is 5.92. The molecule has 0 aliphatic heterocycles. The Morgan fingerprint density at radius 3 is 2.47 bits per heavy atom. The summed E-state index contributed by atoms with van der Waals surface area (Å²) in [5.41, 5.74) is 0.576. The van der Waals surface area contributed by atoms with E-state index in [1.165, 1.54) is 0 Å². The van der Waals surface area contributed by atoms with Crippen LogP contribution < -0.4 is 4.74 Å². The minimum Gasteiger partial charge on any atom is -0.477 e. The molecule has 0 saturated carbocycles. The van der Waals surface area contributed by atoms with Crippen molar-refractivity contribution in [3.8, 4) is 5.88 Å². The highest BCUT2D eigenvalue weighted by Gasteiger charge is 2.17. The molecule has 0 radical (unpaired) electrons. The minimum absolute atomic E-state index is 0.195. The van der Waals surface area contributed by atoms with Crippen LogP contribution in [-0.2, 0) is 4.74 Å². The average Bonchev–Trinajstić information content (AvgIpc) is 2.24. The zero-order valence-electron chi connectivity index (χ0n) is 11.0. The van der Waals surface area contributed by atoms with Crippen LogP contribution in [0.3, 0.4) is 0 Å². The Kier molecular flexibility index (Phi) is 4.71. The molecule has 4 nitrogen and oxygen atoms in total. The van der Waals surface area contributed by atoms with Gasteiger partial charge in [0.1, 0.15) is 11.0 Å². The van der Waals surface area contributed by atoms with Crippen molar-refractivity contribution in [2.75, 3.05) is 13.7 Å². The van der Waals surface area contributed by atoms with Gasteiger partial charge in [0, 0.05) is 19.1 Å². The highest BCUT2D eigenvalue weighted by molar-refractivity contribution is 6.30. The topological polar surface area (TPSA) is 44.2 Å². The van der Waals surface area contributed by atoms with Crippen molar-refractivity contribution in [3.63, 3.8) is 0 Å². The molecule has 0 fully saturated rings. The first-order valence-electron chi connectivity index (χ1n) is 5.54. The fourth-order valence-corrected chi connectivity index (χ4v) is 1.41. The fourth-order valence-electron chi connectivity index (χ4n) is 1.21. The maximum Gasteiger partial charge on any atom is 0.221 e. The molecule has 0 aliphatic carbocycles. The van der Waals surface area contributed by atoms with E-state index in [1.807, 2.05) is 20.8 Å². The van der Waals surface area contributed by atoms with Crippen LogP contribution in [0.5, 0.6) is 5.88 Å². The summed E-state index contributed by atoms with van der Waals surface area (Å²) in [6, 6.07) is 0. The Balaban J connectivity index is 2.64. The van der Waals surface area contributed by atoms with E-state index < -0.39 is 0 Å². The Morgan fingerprint density at radius 1 is 1.24 bits per heavy atom. The van der Waals surface area contributed by atoms with Gasteiger partial charge < -0.3 is 9.47 Å². The SMILES string of the molecule is COC(C)(C)CCOc1nc(C)nc(Cl)c1C. The van der Waals surface area contributed by atoms with E-state index in [2.05, 4.69) is 9.97 Å². The Hall–Kier alpha value is -0.870. The average molecular weight is 259 g/mol. The molecule has 0 bridgehead atoms. The maximum atomic E-state index is 5.96. The van der Waals surface area contributed by atoms with E-state index in [-0.39, 0.29) is 5.60 Å². The molecule has 0 N–H and O–H groups in total. The van der Waals surface area contributed by atoms with Crippen LogP contribution in [0.25, 0.3) is 0 Å². The first kappa shape index (κ1) is 14.2. The molecule has 96 valence electrons. The molecule has 0 saturated heterocycles. The van der Waals surface area contributed by atoms with Crippen molar-refractivity contribution < 1.29 is 9.47 Å². The third-order valence-electron chi connectivity index (χ3n) is 2.65. The lowest BCUT2D eigenvalue weighted by Crippen LogP contribution is -2.25. The molecule has 0 spiro atoms. The summed E-state index contributed by atoms with van der Waals surface area (Å²) in [7, 11) is 1.69. The van der Waals surface area contributed by atoms with Crippen LogP contribution in [-0.4, -0.2) is 29.3 Å². The molecule has 1 rings (SSSR count). The van der Waals surface area contributed by atoms with Crippen molar-refractivity contribution in [1.82, 2.24) is 9.97 Å². The summed E-state index contributed by atoms with van der Waals surface area (Å²) in [4.78, 5) is 8.28. The number of nitrogens with zero attached hydrogens (tertiary/aromatic N) is 2. The number of halogens is 1. The van der Waals surface area contributed by atoms with Crippen LogP contribution in [0.2, 0.25) is 5.15 Å². The first-order chi connectivity index (χ1) is 7.85. The van der Waals surface area contributed by atoms with Crippen molar-refractivity contribution in [2.45, 2.75) is 39.7 Å². The smallest absolute Gasteiger partial charge is 0.221 e. The Labute approximate surface area is 107 Å². The summed E-state index contributed by atoms with van der Waals surface area (Å²) < 4.78 is 10.9. The van der Waals surface area contributed by atoms with Crippen LogP contribution in [0.1, 0.15) is 31.7 Å². The van der Waals surface area contributed by atoms with E-state index in [0.29, 0.717) is 23.5 Å². The summed E-state index contributed by atoms with van der Waals surface area (Å²) in [5.74, 6) is 1.16. The molecule has 5 heteroatoms. The maximum absolute atomic E-state index is 5.96. The van der Waals surface area contributed by atoms with Crippen LogP contribution in [0, 0.1) is 13.8 Å². The quantitative estimate of drug-likeness (QED) is 0.762. The Morgan fingerprint density at radius 2 is 1.88 bits per heavy atom. The second kappa shape index (κ2) is 5.65. The monoisotopic (exact) mass is 258 g/mol. The van der Waals surface area contributed by atoms with E-state index in [1.54, 1.807) is 14.0 Å². The normalized spacial score (nSPS) is 11.6. The van der Waals surface area contributed by atoms with Crippen molar-refractivity contribution in [2.24, 2.45) is 0 Å². The third-order valence-corrected chi connectivity index (χ3v) is 3.02. The molecule has 0 amide bonds. The van der Waals surface area contributed by atoms with Gasteiger partial charge in [-0.25, -0.2) is 4.98 Å². The van der Waals surface area contributed by atoms with Crippen LogP contribution in [0.15, 0.2) is 0 Å². The molecule has 17 heavy (non-hydrogen) atoms. The van der Waals surface area contributed by atoms with Gasteiger partial charge in [0.15, 0.2) is 0 Å². The number of hydrogen-bond acceptors (Lipinski definition) is 4. The van der Waals surface area contributed by atoms with E-state index >= 15 is 0 Å². The molecule has 1 heterocycles. The molecule has 1 aromatic heterocycles. The van der Waals surface area contributed by atoms with E-state index in [9.17, 15) is 0 Å². The van der Waals surface area contributed by atoms with Gasteiger partial charge in [-0.15, -0.1) is 0 Å². The highest BCUT2D eigenvalue weighted by atomic mass is 35.5. The molecule has 0 aliphatic rings. The van der Waals surface area contributed by atoms with Gasteiger partial charge in [0.05, 0.1) is 12.2 Å². The Bertz CT molecular complexity index is 394. The lowest BCUT2D eigenvalue weighted by atomic mass is 10.1. The van der Waals surface area contributed by atoms with Crippen molar-refractivity contribution >= 4 is 11.6 Å². The summed E-state index contributed by atoms with van der Waals surface area (Å²) in [6.45, 7) is 8.20. The zero-order chi connectivity index (χ0) is 13.1. The van der Waals surface area contributed by atoms with Gasteiger partial charge >= 0.3 is 0 Å². The summed E-state index contributed by atoms with van der Waals surface area (Å²) in [5, 5.41) is 0.443. The van der Waals surface area contributed by atoms with Gasteiger partial charge in [0.25, 0.3) is 0 Å². The molecule has 1 aromatic rings. The van der Waals surface area contributed by atoms with Gasteiger partial charge in [0.2, 0.25) is 5.88 Å². The van der Waals surface area contributed by atoms with Crippen LogP contribution in [0.4, 0.5) is 0 Å². The van der Waals surface area contributed by atoms with Gasteiger partial charge in [-0.1, -0.05) is 11.6 Å². The lowest BCUT2D eigenvalue weighted by Gasteiger charge is -2.22. The van der Waals surface area contributed by atoms with Crippen molar-refractivity contribution in [3.05, 3.63) is 16.5 Å². The standard InChI is InChI=1S/C12H19ClN2O2/c1-8-10(13)14-9(2)15-11(8)17-7-6-12(3,4)16-5/h6-7H2,1-5H3. The van der Waals surface area contributed by atoms with Gasteiger partial charge in [-0.2, -0.15) is 4.98 Å². The molecular formula is C12H19ClN2O2. The van der Waals surface area contributed by atoms with E-state index in [4.69, 9.17) is 21.1 Å². The number of hydrogen-bond donors (Lipinski definition) is 0. The predicted octanol–water partition coefficient (Wildman–Crippen LogP) is 2.94. The molecule has 0 aromatic carbocycles. The third kappa shape index (κ3) is 4.13. The number of methoxy groups -OCH3 is 1. The minimum atomic E-state index is -0.195. The number of ether oxygens (including phenoxy) is 2. The summed E-state index contributed by atoms with van der Waals surface area (Å²) in [6.07, 6.45) is 0.781. The second-order valence-electron chi connectivity index (χ2n) is 4.55. The predicted molar refractivity (Wildman–Crippen MR) is 67.7 cm³/mol. The van der Waals surface area contributed by atoms with E-state index in [0.717, 1.165) is 12.0 Å². The fraction of sp³-hybridized carbons (Fsp3) is 0.667. The second-order valence-corrected chi connectivity index (χ2v) is 4.91. The largest absolute Gasteiger partial charge is 0.477 e. The summed E-state index contributed by atoms with van der Waals surface area (Å²) >= 11 is 5.96. The lowest BCUT2D eigenvalue weighted by molar-refractivity contribution is 0.00500. The highest BCUT2D eigenvalue weighted by Crippen LogP contribution is 2.22. The number of rotatable bonds is 5. The van der Waals surface area contributed by atoms with Gasteiger partial charge in [-0.05, 0) is 27.7 Å². The number of aryl methyl sites for hydroxylation is 1. The molecular weight excluding hydrogens is 240 g/mol.